The highest BCUT2D eigenvalue weighted by Gasteiger charge is 2.56. The molecule has 1 N–H and O–H groups in total. The number of hydrogen-bond acceptors (Lipinski definition) is 5. The maximum Gasteiger partial charge on any atom is 0.204 e. The fourth-order valence-corrected chi connectivity index (χ4v) is 4.21. The van der Waals surface area contributed by atoms with E-state index in [0.717, 1.165) is 23.5 Å². The van der Waals surface area contributed by atoms with Crippen molar-refractivity contribution in [1.29, 1.82) is 0 Å². The highest BCUT2D eigenvalue weighted by Crippen LogP contribution is 2.54. The second-order valence-corrected chi connectivity index (χ2v) is 7.00. The molecular weight excluding hydrogens is 308 g/mol. The standard InChI is InChI=1S/C19H24O5/c1-13(15-3-2-4-17(10-15)21-8-7-20)18-12-22-19(24-23-18)11-14-5-6-16(19)9-14/h2-4,10,14,16,18,20H,1,5-9,11-12H2. The molecule has 1 aromatic carbocycles. The summed E-state index contributed by atoms with van der Waals surface area (Å²) in [5.74, 6) is 1.36. The van der Waals surface area contributed by atoms with Crippen LogP contribution in [-0.2, 0) is 14.5 Å². The molecule has 1 aliphatic heterocycles. The van der Waals surface area contributed by atoms with Crippen molar-refractivity contribution >= 4 is 5.57 Å². The topological polar surface area (TPSA) is 57.2 Å². The lowest BCUT2D eigenvalue weighted by atomic mass is 9.93. The van der Waals surface area contributed by atoms with Crippen LogP contribution in [0.25, 0.3) is 5.57 Å². The summed E-state index contributed by atoms with van der Waals surface area (Å²) in [5.41, 5.74) is 1.73. The van der Waals surface area contributed by atoms with Crippen LogP contribution in [0.15, 0.2) is 30.8 Å². The Morgan fingerprint density at radius 2 is 2.29 bits per heavy atom. The van der Waals surface area contributed by atoms with Gasteiger partial charge in [-0.05, 0) is 48.4 Å². The van der Waals surface area contributed by atoms with Crippen LogP contribution in [0, 0.1) is 11.8 Å². The lowest BCUT2D eigenvalue weighted by molar-refractivity contribution is -0.488. The van der Waals surface area contributed by atoms with Gasteiger partial charge in [-0.3, -0.25) is 0 Å². The molecular formula is C19H24O5. The van der Waals surface area contributed by atoms with E-state index in [1.54, 1.807) is 0 Å². The lowest BCUT2D eigenvalue weighted by Gasteiger charge is -2.41. The quantitative estimate of drug-likeness (QED) is 0.840. The molecule has 0 aromatic heterocycles. The number of aliphatic hydroxyl groups is 1. The van der Waals surface area contributed by atoms with Crippen LogP contribution in [0.2, 0.25) is 0 Å². The monoisotopic (exact) mass is 332 g/mol. The van der Waals surface area contributed by atoms with Gasteiger partial charge in [0.15, 0.2) is 0 Å². The molecule has 1 saturated heterocycles. The largest absolute Gasteiger partial charge is 0.491 e. The van der Waals surface area contributed by atoms with Crippen molar-refractivity contribution in [2.75, 3.05) is 19.8 Å². The van der Waals surface area contributed by atoms with Crippen LogP contribution in [0.3, 0.4) is 0 Å². The van der Waals surface area contributed by atoms with Crippen LogP contribution < -0.4 is 4.74 Å². The smallest absolute Gasteiger partial charge is 0.204 e. The number of rotatable bonds is 5. The molecule has 0 amide bonds. The van der Waals surface area contributed by atoms with Gasteiger partial charge in [0.05, 0.1) is 13.2 Å². The summed E-state index contributed by atoms with van der Waals surface area (Å²) in [6.07, 6.45) is 4.28. The Morgan fingerprint density at radius 1 is 1.38 bits per heavy atom. The predicted octanol–water partition coefficient (Wildman–Crippen LogP) is 2.93. The molecule has 4 rings (SSSR count). The first-order valence-electron chi connectivity index (χ1n) is 8.71. The molecule has 2 bridgehead atoms. The molecule has 2 aliphatic carbocycles. The summed E-state index contributed by atoms with van der Waals surface area (Å²) in [6, 6.07) is 7.60. The number of aliphatic hydroxyl groups excluding tert-OH is 1. The molecule has 5 heteroatoms. The lowest BCUT2D eigenvalue weighted by Crippen LogP contribution is -2.48. The van der Waals surface area contributed by atoms with E-state index in [9.17, 15) is 0 Å². The van der Waals surface area contributed by atoms with Crippen molar-refractivity contribution in [1.82, 2.24) is 0 Å². The summed E-state index contributed by atoms with van der Waals surface area (Å²) in [6.45, 7) is 4.87. The second kappa shape index (κ2) is 6.48. The molecule has 130 valence electrons. The Labute approximate surface area is 142 Å². The molecule has 1 aromatic rings. The van der Waals surface area contributed by atoms with E-state index in [4.69, 9.17) is 24.4 Å². The van der Waals surface area contributed by atoms with Crippen molar-refractivity contribution in [2.24, 2.45) is 11.8 Å². The van der Waals surface area contributed by atoms with Crippen molar-refractivity contribution in [3.05, 3.63) is 36.4 Å². The fourth-order valence-electron chi connectivity index (χ4n) is 4.21. The Morgan fingerprint density at radius 3 is 2.96 bits per heavy atom. The average Bonchev–Trinajstić information content (AvgIpc) is 3.21. The first-order chi connectivity index (χ1) is 11.7. The summed E-state index contributed by atoms with van der Waals surface area (Å²) in [7, 11) is 0. The molecule has 3 aliphatic rings. The van der Waals surface area contributed by atoms with Crippen LogP contribution >= 0.6 is 0 Å². The molecule has 24 heavy (non-hydrogen) atoms. The van der Waals surface area contributed by atoms with E-state index < -0.39 is 5.79 Å². The Balaban J connectivity index is 1.39. The Kier molecular flexibility index (Phi) is 4.35. The third-order valence-corrected chi connectivity index (χ3v) is 5.47. The van der Waals surface area contributed by atoms with Crippen molar-refractivity contribution < 1.29 is 24.4 Å². The molecule has 4 unspecified atom stereocenters. The minimum atomic E-state index is -0.522. The van der Waals surface area contributed by atoms with Gasteiger partial charge in [-0.1, -0.05) is 18.7 Å². The van der Waals surface area contributed by atoms with Gasteiger partial charge >= 0.3 is 0 Å². The normalized spacial score (nSPS) is 34.6. The van der Waals surface area contributed by atoms with Gasteiger partial charge < -0.3 is 14.6 Å². The minimum absolute atomic E-state index is 0.0111. The minimum Gasteiger partial charge on any atom is -0.491 e. The summed E-state index contributed by atoms with van der Waals surface area (Å²) in [5, 5.41) is 8.86. The first-order valence-corrected chi connectivity index (χ1v) is 8.71. The van der Waals surface area contributed by atoms with Crippen LogP contribution in [0.1, 0.15) is 31.2 Å². The van der Waals surface area contributed by atoms with E-state index in [0.29, 0.717) is 18.3 Å². The van der Waals surface area contributed by atoms with Crippen LogP contribution in [0.4, 0.5) is 0 Å². The SMILES string of the molecule is C=C(c1cccc(OCCO)c1)C1COC2(CC3CCC2C3)OO1. The van der Waals surface area contributed by atoms with Crippen LogP contribution in [-0.4, -0.2) is 36.8 Å². The maximum absolute atomic E-state index is 8.86. The molecule has 2 saturated carbocycles. The molecule has 5 nitrogen and oxygen atoms in total. The number of benzene rings is 1. The zero-order valence-electron chi connectivity index (χ0n) is 13.8. The molecule has 3 fully saturated rings. The third kappa shape index (κ3) is 2.86. The summed E-state index contributed by atoms with van der Waals surface area (Å²) in [4.78, 5) is 11.5. The predicted molar refractivity (Wildman–Crippen MR) is 88.1 cm³/mol. The van der Waals surface area contributed by atoms with E-state index in [1.165, 1.54) is 19.3 Å². The highest BCUT2D eigenvalue weighted by molar-refractivity contribution is 5.68. The first kappa shape index (κ1) is 16.1. The number of hydrogen-bond donors (Lipinski definition) is 1. The molecule has 4 atom stereocenters. The third-order valence-electron chi connectivity index (χ3n) is 5.47. The van der Waals surface area contributed by atoms with E-state index >= 15 is 0 Å². The average molecular weight is 332 g/mol. The maximum atomic E-state index is 8.86. The van der Waals surface area contributed by atoms with Gasteiger partial charge in [0.25, 0.3) is 0 Å². The zero-order chi connectivity index (χ0) is 16.6. The molecule has 1 heterocycles. The van der Waals surface area contributed by atoms with E-state index in [1.807, 2.05) is 24.3 Å². The van der Waals surface area contributed by atoms with Gasteiger partial charge in [0.1, 0.15) is 18.5 Å². The van der Waals surface area contributed by atoms with E-state index in [2.05, 4.69) is 6.58 Å². The van der Waals surface area contributed by atoms with E-state index in [-0.39, 0.29) is 19.3 Å². The van der Waals surface area contributed by atoms with Crippen molar-refractivity contribution in [2.45, 2.75) is 37.6 Å². The van der Waals surface area contributed by atoms with Gasteiger partial charge in [0, 0.05) is 12.3 Å². The number of fused-ring (bicyclic) bond motifs is 3. The second-order valence-electron chi connectivity index (χ2n) is 7.00. The van der Waals surface area contributed by atoms with Gasteiger partial charge in [-0.2, -0.15) is 0 Å². The van der Waals surface area contributed by atoms with Gasteiger partial charge in [0.2, 0.25) is 5.79 Å². The van der Waals surface area contributed by atoms with Crippen LogP contribution in [0.5, 0.6) is 5.75 Å². The highest BCUT2D eigenvalue weighted by atomic mass is 17.2. The van der Waals surface area contributed by atoms with Crippen molar-refractivity contribution in [3.8, 4) is 5.75 Å². The summed E-state index contributed by atoms with van der Waals surface area (Å²) >= 11 is 0. The zero-order valence-corrected chi connectivity index (χ0v) is 13.8. The molecule has 0 radical (unpaired) electrons. The Bertz CT molecular complexity index is 606. The summed E-state index contributed by atoms with van der Waals surface area (Å²) < 4.78 is 11.6. The van der Waals surface area contributed by atoms with Gasteiger partial charge in [-0.25, -0.2) is 9.78 Å². The fraction of sp³-hybridized carbons (Fsp3) is 0.579. The number of ether oxygens (including phenoxy) is 2. The molecule has 1 spiro atoms. The van der Waals surface area contributed by atoms with Crippen molar-refractivity contribution in [3.63, 3.8) is 0 Å². The Hall–Kier alpha value is -1.40. The van der Waals surface area contributed by atoms with Gasteiger partial charge in [-0.15, -0.1) is 0 Å².